The van der Waals surface area contributed by atoms with Crippen molar-refractivity contribution in [3.05, 3.63) is 54.6 Å². The highest BCUT2D eigenvalue weighted by Crippen LogP contribution is 2.27. The van der Waals surface area contributed by atoms with Gasteiger partial charge in [0.2, 0.25) is 0 Å². The lowest BCUT2D eigenvalue weighted by atomic mass is 10.2. The molecule has 1 heterocycles. The zero-order valence-corrected chi connectivity index (χ0v) is 11.5. The van der Waals surface area contributed by atoms with Crippen LogP contribution < -0.4 is 14.9 Å². The van der Waals surface area contributed by atoms with Crippen molar-refractivity contribution >= 4 is 17.0 Å². The third kappa shape index (κ3) is 3.43. The third-order valence-corrected chi connectivity index (χ3v) is 3.37. The van der Waals surface area contributed by atoms with Crippen molar-refractivity contribution in [2.45, 2.75) is 13.1 Å². The summed E-state index contributed by atoms with van der Waals surface area (Å²) in [5, 5.41) is 15.7. The molecule has 1 aromatic heterocycles. The minimum atomic E-state index is -0.474. The van der Waals surface area contributed by atoms with Gasteiger partial charge in [-0.1, -0.05) is 17.4 Å². The summed E-state index contributed by atoms with van der Waals surface area (Å²) in [4.78, 5) is 24.0. The minimum absolute atomic E-state index is 0.0595. The Morgan fingerprint density at radius 3 is 2.85 bits per heavy atom. The van der Waals surface area contributed by atoms with Crippen LogP contribution in [0.25, 0.3) is 0 Å². The summed E-state index contributed by atoms with van der Waals surface area (Å²) in [5.74, 6) is 0.237. The van der Waals surface area contributed by atoms with Crippen LogP contribution in [0.4, 0.5) is 5.69 Å². The number of thiazole rings is 1. The van der Waals surface area contributed by atoms with Crippen LogP contribution in [0.1, 0.15) is 11.3 Å². The number of rotatable bonds is 6. The van der Waals surface area contributed by atoms with E-state index in [1.54, 1.807) is 17.5 Å². The van der Waals surface area contributed by atoms with E-state index < -0.39 is 4.92 Å². The number of H-pyrrole nitrogens is 1. The maximum atomic E-state index is 11.0. The van der Waals surface area contributed by atoms with E-state index in [0.29, 0.717) is 13.1 Å². The SMILES string of the molecule is COc1ccc(CNCc2csc(=O)[nH]2)cc1[N+](=O)[O-]. The predicted molar refractivity (Wildman–Crippen MR) is 75.1 cm³/mol. The zero-order chi connectivity index (χ0) is 14.5. The Morgan fingerprint density at radius 2 is 2.25 bits per heavy atom. The van der Waals surface area contributed by atoms with Crippen LogP contribution in [-0.2, 0) is 13.1 Å². The number of nitrogens with one attached hydrogen (secondary N) is 2. The first-order chi connectivity index (χ1) is 9.60. The number of methoxy groups -OCH3 is 1. The fourth-order valence-electron chi connectivity index (χ4n) is 1.73. The van der Waals surface area contributed by atoms with E-state index in [1.165, 1.54) is 13.2 Å². The van der Waals surface area contributed by atoms with Crippen LogP contribution in [0.5, 0.6) is 5.75 Å². The van der Waals surface area contributed by atoms with Gasteiger partial charge in [0.05, 0.1) is 12.0 Å². The number of hydrogen-bond donors (Lipinski definition) is 2. The molecule has 7 nitrogen and oxygen atoms in total. The zero-order valence-electron chi connectivity index (χ0n) is 10.7. The van der Waals surface area contributed by atoms with E-state index in [1.807, 2.05) is 0 Å². The molecule has 0 spiro atoms. The number of nitro groups is 1. The molecular weight excluding hydrogens is 282 g/mol. The first kappa shape index (κ1) is 14.2. The number of aromatic amines is 1. The van der Waals surface area contributed by atoms with Gasteiger partial charge in [-0.25, -0.2) is 0 Å². The lowest BCUT2D eigenvalue weighted by Gasteiger charge is -2.06. The predicted octanol–water partition coefficient (Wildman–Crippen LogP) is 1.64. The standard InChI is InChI=1S/C12H13N3O4S/c1-19-11-3-2-8(4-10(11)15(17)18)5-13-6-9-7-20-12(16)14-9/h2-4,7,13H,5-6H2,1H3,(H,14,16). The lowest BCUT2D eigenvalue weighted by molar-refractivity contribution is -0.385. The molecule has 0 bridgehead atoms. The molecule has 0 saturated carbocycles. The Hall–Kier alpha value is -2.19. The van der Waals surface area contributed by atoms with E-state index >= 15 is 0 Å². The summed E-state index contributed by atoms with van der Waals surface area (Å²) in [6.07, 6.45) is 0. The molecule has 2 N–H and O–H groups in total. The third-order valence-electron chi connectivity index (χ3n) is 2.66. The fourth-order valence-corrected chi connectivity index (χ4v) is 2.31. The molecule has 0 radical (unpaired) electrons. The van der Waals surface area contributed by atoms with Gasteiger partial charge in [-0.3, -0.25) is 14.9 Å². The van der Waals surface area contributed by atoms with Crippen LogP contribution in [0.3, 0.4) is 0 Å². The Morgan fingerprint density at radius 1 is 1.45 bits per heavy atom. The highest BCUT2D eigenvalue weighted by molar-refractivity contribution is 7.07. The van der Waals surface area contributed by atoms with Gasteiger partial charge in [0.1, 0.15) is 0 Å². The smallest absolute Gasteiger partial charge is 0.311 e. The summed E-state index contributed by atoms with van der Waals surface area (Å²) in [6.45, 7) is 0.960. The maximum Gasteiger partial charge on any atom is 0.311 e. The van der Waals surface area contributed by atoms with E-state index in [4.69, 9.17) is 4.74 Å². The molecule has 106 valence electrons. The molecule has 2 rings (SSSR count). The average molecular weight is 295 g/mol. The van der Waals surface area contributed by atoms with Crippen molar-refractivity contribution in [1.82, 2.24) is 10.3 Å². The molecule has 20 heavy (non-hydrogen) atoms. The van der Waals surface area contributed by atoms with Gasteiger partial charge in [0.15, 0.2) is 5.75 Å². The molecule has 0 aliphatic carbocycles. The van der Waals surface area contributed by atoms with Gasteiger partial charge >= 0.3 is 10.6 Å². The van der Waals surface area contributed by atoms with Gasteiger partial charge in [0.25, 0.3) is 0 Å². The van der Waals surface area contributed by atoms with Crippen LogP contribution in [0.2, 0.25) is 0 Å². The molecule has 0 atom stereocenters. The number of nitro benzene ring substituents is 1. The topological polar surface area (TPSA) is 97.3 Å². The van der Waals surface area contributed by atoms with Crippen LogP contribution in [0, 0.1) is 10.1 Å². The molecule has 0 aliphatic rings. The van der Waals surface area contributed by atoms with E-state index in [2.05, 4.69) is 10.3 Å². The molecule has 0 saturated heterocycles. The molecule has 2 aromatic rings. The molecule has 0 unspecified atom stereocenters. The Labute approximate surface area is 118 Å². The normalized spacial score (nSPS) is 10.4. The monoisotopic (exact) mass is 295 g/mol. The number of aromatic nitrogens is 1. The Bertz CT molecular complexity index is 665. The molecular formula is C12H13N3O4S. The highest BCUT2D eigenvalue weighted by Gasteiger charge is 2.14. The summed E-state index contributed by atoms with van der Waals surface area (Å²) in [7, 11) is 1.40. The summed E-state index contributed by atoms with van der Waals surface area (Å²) in [5.41, 5.74) is 1.51. The largest absolute Gasteiger partial charge is 0.490 e. The summed E-state index contributed by atoms with van der Waals surface area (Å²) >= 11 is 1.10. The highest BCUT2D eigenvalue weighted by atomic mass is 32.1. The first-order valence-corrected chi connectivity index (χ1v) is 6.67. The molecule has 1 aromatic carbocycles. The quantitative estimate of drug-likeness (QED) is 0.623. The minimum Gasteiger partial charge on any atom is -0.490 e. The van der Waals surface area contributed by atoms with Crippen molar-refractivity contribution < 1.29 is 9.66 Å². The Balaban J connectivity index is 2.01. The van der Waals surface area contributed by atoms with Crippen molar-refractivity contribution in [3.63, 3.8) is 0 Å². The Kier molecular flexibility index (Phi) is 4.49. The second-order valence-corrected chi connectivity index (χ2v) is 4.88. The van der Waals surface area contributed by atoms with E-state index in [9.17, 15) is 14.9 Å². The summed E-state index contributed by atoms with van der Waals surface area (Å²) < 4.78 is 4.94. The van der Waals surface area contributed by atoms with Gasteiger partial charge in [-0.15, -0.1) is 0 Å². The van der Waals surface area contributed by atoms with Gasteiger partial charge in [-0.05, 0) is 11.6 Å². The molecule has 0 aliphatic heterocycles. The van der Waals surface area contributed by atoms with Crippen molar-refractivity contribution in [2.24, 2.45) is 0 Å². The lowest BCUT2D eigenvalue weighted by Crippen LogP contribution is -2.14. The first-order valence-electron chi connectivity index (χ1n) is 5.79. The maximum absolute atomic E-state index is 11.0. The van der Waals surface area contributed by atoms with Crippen molar-refractivity contribution in [3.8, 4) is 5.75 Å². The molecule has 0 fully saturated rings. The van der Waals surface area contributed by atoms with Crippen LogP contribution >= 0.6 is 11.3 Å². The van der Waals surface area contributed by atoms with E-state index in [-0.39, 0.29) is 16.3 Å². The summed E-state index contributed by atoms with van der Waals surface area (Å²) in [6, 6.07) is 4.80. The van der Waals surface area contributed by atoms with Gasteiger partial charge in [-0.2, -0.15) is 0 Å². The number of nitrogens with zero attached hydrogens (tertiary/aromatic N) is 1. The van der Waals surface area contributed by atoms with Crippen LogP contribution in [-0.4, -0.2) is 17.0 Å². The number of ether oxygens (including phenoxy) is 1. The van der Waals surface area contributed by atoms with Gasteiger partial charge in [0, 0.05) is 30.2 Å². The number of benzene rings is 1. The van der Waals surface area contributed by atoms with E-state index in [0.717, 1.165) is 22.6 Å². The van der Waals surface area contributed by atoms with Gasteiger partial charge < -0.3 is 15.0 Å². The van der Waals surface area contributed by atoms with Crippen molar-refractivity contribution in [2.75, 3.05) is 7.11 Å². The molecule has 8 heteroatoms. The average Bonchev–Trinajstić information content (AvgIpc) is 2.84. The number of hydrogen-bond acceptors (Lipinski definition) is 6. The molecule has 0 amide bonds. The second-order valence-electron chi connectivity index (χ2n) is 4.04. The van der Waals surface area contributed by atoms with Crippen molar-refractivity contribution in [1.29, 1.82) is 0 Å². The second kappa shape index (κ2) is 6.31. The fraction of sp³-hybridized carbons (Fsp3) is 0.250. The van der Waals surface area contributed by atoms with Crippen LogP contribution in [0.15, 0.2) is 28.4 Å².